The molecule has 0 heterocycles. The Bertz CT molecular complexity index is 445. The first-order chi connectivity index (χ1) is 9.44. The van der Waals surface area contributed by atoms with E-state index in [0.717, 1.165) is 6.54 Å². The summed E-state index contributed by atoms with van der Waals surface area (Å²) in [5, 5.41) is 3.79. The molecular formula is C18H30N2. The summed E-state index contributed by atoms with van der Waals surface area (Å²) in [6.45, 7) is 7.77. The van der Waals surface area contributed by atoms with Gasteiger partial charge in [0.05, 0.1) is 0 Å². The van der Waals surface area contributed by atoms with Crippen molar-refractivity contribution in [3.63, 3.8) is 0 Å². The van der Waals surface area contributed by atoms with E-state index in [1.807, 2.05) is 0 Å². The molecule has 1 N–H and O–H groups in total. The first kappa shape index (κ1) is 15.5. The minimum atomic E-state index is 0.367. The van der Waals surface area contributed by atoms with Gasteiger partial charge in [-0.05, 0) is 58.8 Å². The molecule has 0 radical (unpaired) electrons. The number of aryl methyl sites for hydroxylation is 2. The van der Waals surface area contributed by atoms with Crippen molar-refractivity contribution in [3.8, 4) is 0 Å². The maximum absolute atomic E-state index is 3.79. The zero-order valence-corrected chi connectivity index (χ0v) is 13.8. The summed E-state index contributed by atoms with van der Waals surface area (Å²) in [5.74, 6) is 0. The molecule has 20 heavy (non-hydrogen) atoms. The van der Waals surface area contributed by atoms with E-state index in [2.05, 4.69) is 63.3 Å². The molecule has 2 heteroatoms. The number of nitrogens with zero attached hydrogens (tertiary/aromatic N) is 1. The maximum Gasteiger partial charge on any atom is 0.0328 e. The lowest BCUT2D eigenvalue weighted by Crippen LogP contribution is -2.50. The van der Waals surface area contributed by atoms with Gasteiger partial charge in [-0.25, -0.2) is 0 Å². The van der Waals surface area contributed by atoms with E-state index in [0.29, 0.717) is 11.6 Å². The molecular weight excluding hydrogens is 244 g/mol. The van der Waals surface area contributed by atoms with Crippen LogP contribution in [0.25, 0.3) is 0 Å². The fraction of sp³-hybridized carbons (Fsp3) is 0.667. The van der Waals surface area contributed by atoms with Gasteiger partial charge in [-0.15, -0.1) is 0 Å². The summed E-state index contributed by atoms with van der Waals surface area (Å²) in [4.78, 5) is 2.43. The van der Waals surface area contributed by atoms with Crippen molar-refractivity contribution in [3.05, 3.63) is 34.9 Å². The second-order valence-electron chi connectivity index (χ2n) is 6.79. The van der Waals surface area contributed by atoms with E-state index in [9.17, 15) is 0 Å². The van der Waals surface area contributed by atoms with E-state index in [1.54, 1.807) is 0 Å². The van der Waals surface area contributed by atoms with E-state index >= 15 is 0 Å². The van der Waals surface area contributed by atoms with E-state index in [1.165, 1.54) is 42.4 Å². The molecule has 2 nitrogen and oxygen atoms in total. The molecule has 1 aliphatic carbocycles. The van der Waals surface area contributed by atoms with Crippen molar-refractivity contribution in [1.29, 1.82) is 0 Å². The van der Waals surface area contributed by atoms with Gasteiger partial charge in [0.25, 0.3) is 0 Å². The molecule has 0 saturated heterocycles. The topological polar surface area (TPSA) is 15.3 Å². The van der Waals surface area contributed by atoms with Crippen LogP contribution in [0.1, 0.15) is 55.3 Å². The molecule has 1 fully saturated rings. The zero-order chi connectivity index (χ0) is 14.8. The lowest BCUT2D eigenvalue weighted by Gasteiger charge is -2.37. The van der Waals surface area contributed by atoms with E-state index < -0.39 is 0 Å². The second-order valence-corrected chi connectivity index (χ2v) is 6.79. The van der Waals surface area contributed by atoms with Gasteiger partial charge in [0.1, 0.15) is 0 Å². The molecule has 0 spiro atoms. The van der Waals surface area contributed by atoms with Crippen LogP contribution in [0.5, 0.6) is 0 Å². The van der Waals surface area contributed by atoms with Gasteiger partial charge in [-0.2, -0.15) is 0 Å². The summed E-state index contributed by atoms with van der Waals surface area (Å²) in [6, 6.07) is 7.18. The molecule has 1 unspecified atom stereocenters. The quantitative estimate of drug-likeness (QED) is 0.878. The number of hydrogen-bond donors (Lipinski definition) is 1. The average molecular weight is 274 g/mol. The number of nitrogens with one attached hydrogen (secondary N) is 1. The summed E-state index contributed by atoms with van der Waals surface area (Å²) >= 11 is 0. The number of hydrogen-bond acceptors (Lipinski definition) is 2. The molecule has 1 aromatic rings. The number of likely N-dealkylation sites (N-methyl/N-ethyl adjacent to an activating group) is 1. The summed E-state index contributed by atoms with van der Waals surface area (Å²) in [6.07, 6.45) is 5.40. The van der Waals surface area contributed by atoms with Gasteiger partial charge in [0, 0.05) is 18.1 Å². The highest BCUT2D eigenvalue weighted by Crippen LogP contribution is 2.33. The van der Waals surface area contributed by atoms with Gasteiger partial charge >= 0.3 is 0 Å². The number of rotatable bonds is 5. The third kappa shape index (κ3) is 3.24. The van der Waals surface area contributed by atoms with Gasteiger partial charge < -0.3 is 10.2 Å². The molecule has 0 aliphatic heterocycles. The van der Waals surface area contributed by atoms with Crippen molar-refractivity contribution in [2.75, 3.05) is 20.6 Å². The summed E-state index contributed by atoms with van der Waals surface area (Å²) in [5.41, 5.74) is 4.55. The molecule has 112 valence electrons. The van der Waals surface area contributed by atoms with Gasteiger partial charge in [0.15, 0.2) is 0 Å². The van der Waals surface area contributed by atoms with Crippen molar-refractivity contribution < 1.29 is 0 Å². The van der Waals surface area contributed by atoms with Gasteiger partial charge in [-0.3, -0.25) is 0 Å². The Balaban J connectivity index is 2.04. The Morgan fingerprint density at radius 2 is 1.85 bits per heavy atom. The number of benzene rings is 1. The van der Waals surface area contributed by atoms with Crippen LogP contribution in [0.15, 0.2) is 18.2 Å². The Morgan fingerprint density at radius 1 is 1.20 bits per heavy atom. The molecule has 1 saturated carbocycles. The van der Waals surface area contributed by atoms with Crippen LogP contribution in [0.3, 0.4) is 0 Å². The molecule has 1 atom stereocenters. The fourth-order valence-corrected chi connectivity index (χ4v) is 3.49. The van der Waals surface area contributed by atoms with Crippen molar-refractivity contribution in [1.82, 2.24) is 10.2 Å². The first-order valence-corrected chi connectivity index (χ1v) is 7.92. The average Bonchev–Trinajstić information content (AvgIpc) is 2.89. The summed E-state index contributed by atoms with van der Waals surface area (Å²) in [7, 11) is 4.46. The van der Waals surface area contributed by atoms with Crippen LogP contribution in [0, 0.1) is 13.8 Å². The van der Waals surface area contributed by atoms with Crippen LogP contribution >= 0.6 is 0 Å². The maximum atomic E-state index is 3.79. The van der Waals surface area contributed by atoms with Crippen LogP contribution in [-0.4, -0.2) is 31.1 Å². The lowest BCUT2D eigenvalue weighted by molar-refractivity contribution is 0.150. The fourth-order valence-electron chi connectivity index (χ4n) is 3.49. The van der Waals surface area contributed by atoms with Crippen molar-refractivity contribution >= 4 is 0 Å². The highest BCUT2D eigenvalue weighted by Gasteiger charge is 2.35. The molecule has 0 aromatic heterocycles. The van der Waals surface area contributed by atoms with E-state index in [-0.39, 0.29) is 0 Å². The van der Waals surface area contributed by atoms with Crippen LogP contribution in [0.4, 0.5) is 0 Å². The normalized spacial score (nSPS) is 19.5. The Kier molecular flexibility index (Phi) is 4.87. The summed E-state index contributed by atoms with van der Waals surface area (Å²) < 4.78 is 0. The van der Waals surface area contributed by atoms with Crippen LogP contribution in [-0.2, 0) is 0 Å². The lowest BCUT2D eigenvalue weighted by atomic mass is 9.94. The second kappa shape index (κ2) is 6.28. The third-order valence-electron chi connectivity index (χ3n) is 5.12. The smallest absolute Gasteiger partial charge is 0.0328 e. The Hall–Kier alpha value is -0.860. The molecule has 0 amide bonds. The van der Waals surface area contributed by atoms with Crippen LogP contribution in [0.2, 0.25) is 0 Å². The first-order valence-electron chi connectivity index (χ1n) is 7.92. The van der Waals surface area contributed by atoms with Gasteiger partial charge in [0.2, 0.25) is 0 Å². The van der Waals surface area contributed by atoms with Crippen molar-refractivity contribution in [2.45, 2.75) is 58.0 Å². The highest BCUT2D eigenvalue weighted by molar-refractivity contribution is 5.32. The molecule has 1 aliphatic rings. The van der Waals surface area contributed by atoms with Crippen LogP contribution < -0.4 is 5.32 Å². The third-order valence-corrected chi connectivity index (χ3v) is 5.12. The highest BCUT2D eigenvalue weighted by atomic mass is 15.2. The monoisotopic (exact) mass is 274 g/mol. The Labute approximate surface area is 124 Å². The minimum Gasteiger partial charge on any atom is -0.308 e. The molecule has 0 bridgehead atoms. The standard InChI is InChI=1S/C18H30N2/c1-14-8-9-15(2)17(12-14)16(3)19-13-18(20(4)5)10-6-7-11-18/h8-9,12,16,19H,6-7,10-11,13H2,1-5H3. The largest absolute Gasteiger partial charge is 0.308 e. The SMILES string of the molecule is Cc1ccc(C)c(C(C)NCC2(N(C)C)CCCC2)c1. The predicted octanol–water partition coefficient (Wildman–Crippen LogP) is 3.83. The Morgan fingerprint density at radius 3 is 2.45 bits per heavy atom. The van der Waals surface area contributed by atoms with Gasteiger partial charge in [-0.1, -0.05) is 36.6 Å². The van der Waals surface area contributed by atoms with E-state index in [4.69, 9.17) is 0 Å². The molecule has 2 rings (SSSR count). The predicted molar refractivity (Wildman–Crippen MR) is 87.2 cm³/mol. The van der Waals surface area contributed by atoms with Crippen molar-refractivity contribution in [2.24, 2.45) is 0 Å². The zero-order valence-electron chi connectivity index (χ0n) is 13.8. The molecule has 1 aromatic carbocycles. The minimum absolute atomic E-state index is 0.367.